The van der Waals surface area contributed by atoms with Gasteiger partial charge in [-0.2, -0.15) is 0 Å². The van der Waals surface area contributed by atoms with Crippen LogP contribution in [0.15, 0.2) is 24.3 Å². The van der Waals surface area contributed by atoms with Gasteiger partial charge < -0.3 is 10.6 Å². The first-order valence-corrected chi connectivity index (χ1v) is 6.74. The summed E-state index contributed by atoms with van der Waals surface area (Å²) >= 11 is 0. The highest BCUT2D eigenvalue weighted by molar-refractivity contribution is 5.23. The fourth-order valence-corrected chi connectivity index (χ4v) is 2.78. The molecule has 2 rings (SSSR count). The van der Waals surface area contributed by atoms with Crippen molar-refractivity contribution in [3.63, 3.8) is 0 Å². The maximum Gasteiger partial charge on any atom is 0.000979 e. The van der Waals surface area contributed by atoms with Gasteiger partial charge in [0.25, 0.3) is 0 Å². The summed E-state index contributed by atoms with van der Waals surface area (Å²) in [6.45, 7) is 3.27. The average molecular weight is 232 g/mol. The third kappa shape index (κ3) is 3.83. The summed E-state index contributed by atoms with van der Waals surface area (Å²) in [6.07, 6.45) is 4.96. The van der Waals surface area contributed by atoms with Crippen molar-refractivity contribution in [2.24, 2.45) is 11.7 Å². The first-order chi connectivity index (χ1) is 8.28. The number of benzene rings is 1. The summed E-state index contributed by atoms with van der Waals surface area (Å²) in [5.74, 6) is 0.842. The van der Waals surface area contributed by atoms with Gasteiger partial charge in [-0.1, -0.05) is 24.3 Å². The normalized spacial score (nSPS) is 21.6. The van der Waals surface area contributed by atoms with Crippen LogP contribution in [0.5, 0.6) is 0 Å². The fourth-order valence-electron chi connectivity index (χ4n) is 2.78. The number of piperidine rings is 1. The summed E-state index contributed by atoms with van der Waals surface area (Å²) in [6, 6.07) is 9.02. The predicted octanol–water partition coefficient (Wildman–Crippen LogP) is 2.07. The van der Waals surface area contributed by atoms with E-state index >= 15 is 0 Å². The van der Waals surface area contributed by atoms with Crippen LogP contribution in [0.2, 0.25) is 0 Å². The summed E-state index contributed by atoms with van der Waals surface area (Å²) in [5.41, 5.74) is 8.39. The van der Waals surface area contributed by atoms with E-state index in [1.807, 2.05) is 0 Å². The minimum Gasteiger partial charge on any atom is -0.330 e. The number of likely N-dealkylation sites (tertiary alicyclic amines) is 1. The first-order valence-electron chi connectivity index (χ1n) is 6.74. The molecule has 17 heavy (non-hydrogen) atoms. The molecule has 0 aliphatic carbocycles. The average Bonchev–Trinajstić information content (AvgIpc) is 2.32. The maximum absolute atomic E-state index is 5.56. The van der Waals surface area contributed by atoms with Crippen LogP contribution in [0.25, 0.3) is 0 Å². The zero-order valence-electron chi connectivity index (χ0n) is 10.9. The summed E-state index contributed by atoms with van der Waals surface area (Å²) in [7, 11) is 2.23. The lowest BCUT2D eigenvalue weighted by Gasteiger charge is -2.29. The van der Waals surface area contributed by atoms with Gasteiger partial charge in [-0.15, -0.1) is 0 Å². The summed E-state index contributed by atoms with van der Waals surface area (Å²) in [5, 5.41) is 0. The molecule has 0 spiro atoms. The van der Waals surface area contributed by atoms with Crippen LogP contribution in [-0.2, 0) is 12.8 Å². The molecule has 94 valence electrons. The quantitative estimate of drug-likeness (QED) is 0.861. The molecule has 2 heteroatoms. The van der Waals surface area contributed by atoms with Gasteiger partial charge in [0.05, 0.1) is 0 Å². The van der Waals surface area contributed by atoms with E-state index in [2.05, 4.69) is 36.2 Å². The standard InChI is InChI=1S/C15H24N2/c1-17-10-2-3-15(12-17)11-14-6-4-13(5-7-14)8-9-16/h4-7,15H,2-3,8-12,16H2,1H3. The number of rotatable bonds is 4. The van der Waals surface area contributed by atoms with E-state index in [9.17, 15) is 0 Å². The van der Waals surface area contributed by atoms with Crippen molar-refractivity contribution in [2.75, 3.05) is 26.7 Å². The van der Waals surface area contributed by atoms with E-state index in [1.165, 1.54) is 43.5 Å². The minimum atomic E-state index is 0.743. The Morgan fingerprint density at radius 1 is 1.24 bits per heavy atom. The van der Waals surface area contributed by atoms with Crippen molar-refractivity contribution < 1.29 is 0 Å². The van der Waals surface area contributed by atoms with Crippen molar-refractivity contribution in [3.05, 3.63) is 35.4 Å². The van der Waals surface area contributed by atoms with Crippen molar-refractivity contribution in [1.82, 2.24) is 4.90 Å². The van der Waals surface area contributed by atoms with E-state index in [0.717, 1.165) is 18.9 Å². The number of nitrogens with zero attached hydrogens (tertiary/aromatic N) is 1. The second-order valence-corrected chi connectivity index (χ2v) is 5.33. The highest BCUT2D eigenvalue weighted by Crippen LogP contribution is 2.20. The molecule has 1 aromatic rings. The Morgan fingerprint density at radius 2 is 1.94 bits per heavy atom. The Bertz CT molecular complexity index is 331. The van der Waals surface area contributed by atoms with Gasteiger partial charge >= 0.3 is 0 Å². The third-order valence-electron chi connectivity index (χ3n) is 3.70. The first kappa shape index (κ1) is 12.6. The van der Waals surface area contributed by atoms with Crippen LogP contribution >= 0.6 is 0 Å². The molecule has 2 nitrogen and oxygen atoms in total. The largest absolute Gasteiger partial charge is 0.330 e. The lowest BCUT2D eigenvalue weighted by atomic mass is 9.91. The van der Waals surface area contributed by atoms with Crippen LogP contribution in [0.3, 0.4) is 0 Å². The Balaban J connectivity index is 1.89. The zero-order chi connectivity index (χ0) is 12.1. The van der Waals surface area contributed by atoms with Crippen LogP contribution in [0.4, 0.5) is 0 Å². The van der Waals surface area contributed by atoms with Crippen molar-refractivity contribution >= 4 is 0 Å². The van der Waals surface area contributed by atoms with Gasteiger partial charge in [0, 0.05) is 6.54 Å². The lowest BCUT2D eigenvalue weighted by Crippen LogP contribution is -2.32. The minimum absolute atomic E-state index is 0.743. The van der Waals surface area contributed by atoms with Gasteiger partial charge in [0.15, 0.2) is 0 Å². The molecule has 0 aromatic heterocycles. The van der Waals surface area contributed by atoms with E-state index in [-0.39, 0.29) is 0 Å². The van der Waals surface area contributed by atoms with Gasteiger partial charge in [0.2, 0.25) is 0 Å². The Hall–Kier alpha value is -0.860. The van der Waals surface area contributed by atoms with Crippen LogP contribution in [0, 0.1) is 5.92 Å². The smallest absolute Gasteiger partial charge is 0.000979 e. The van der Waals surface area contributed by atoms with E-state index in [1.54, 1.807) is 0 Å². The topological polar surface area (TPSA) is 29.3 Å². The van der Waals surface area contributed by atoms with E-state index < -0.39 is 0 Å². The predicted molar refractivity (Wildman–Crippen MR) is 73.1 cm³/mol. The Morgan fingerprint density at radius 3 is 2.59 bits per heavy atom. The second kappa shape index (κ2) is 6.18. The number of hydrogen-bond acceptors (Lipinski definition) is 2. The molecule has 1 aromatic carbocycles. The van der Waals surface area contributed by atoms with Gasteiger partial charge in [-0.05, 0) is 62.9 Å². The molecule has 1 aliphatic heterocycles. The Kier molecular flexibility index (Phi) is 4.57. The van der Waals surface area contributed by atoms with Crippen LogP contribution in [-0.4, -0.2) is 31.6 Å². The van der Waals surface area contributed by atoms with Crippen LogP contribution in [0.1, 0.15) is 24.0 Å². The lowest BCUT2D eigenvalue weighted by molar-refractivity contribution is 0.209. The molecule has 1 saturated heterocycles. The third-order valence-corrected chi connectivity index (χ3v) is 3.70. The van der Waals surface area contributed by atoms with Crippen molar-refractivity contribution in [2.45, 2.75) is 25.7 Å². The van der Waals surface area contributed by atoms with Crippen molar-refractivity contribution in [1.29, 1.82) is 0 Å². The monoisotopic (exact) mass is 232 g/mol. The molecule has 1 atom stereocenters. The molecule has 0 radical (unpaired) electrons. The molecule has 2 N–H and O–H groups in total. The SMILES string of the molecule is CN1CCCC(Cc2ccc(CCN)cc2)C1. The van der Waals surface area contributed by atoms with Crippen molar-refractivity contribution in [3.8, 4) is 0 Å². The number of hydrogen-bond donors (Lipinski definition) is 1. The number of nitrogens with two attached hydrogens (primary N) is 1. The van der Waals surface area contributed by atoms with Gasteiger partial charge in [0.1, 0.15) is 0 Å². The molecule has 1 unspecified atom stereocenters. The Labute approximate surface area is 105 Å². The molecule has 1 fully saturated rings. The maximum atomic E-state index is 5.56. The fraction of sp³-hybridized carbons (Fsp3) is 0.600. The molecular formula is C15H24N2. The highest BCUT2D eigenvalue weighted by Gasteiger charge is 2.17. The molecule has 0 saturated carbocycles. The summed E-state index contributed by atoms with van der Waals surface area (Å²) < 4.78 is 0. The highest BCUT2D eigenvalue weighted by atomic mass is 15.1. The van der Waals surface area contributed by atoms with Gasteiger partial charge in [-0.25, -0.2) is 0 Å². The van der Waals surface area contributed by atoms with E-state index in [0.29, 0.717) is 0 Å². The van der Waals surface area contributed by atoms with E-state index in [4.69, 9.17) is 5.73 Å². The molecule has 1 aliphatic rings. The molecule has 0 bridgehead atoms. The second-order valence-electron chi connectivity index (χ2n) is 5.33. The molecule has 0 amide bonds. The van der Waals surface area contributed by atoms with Gasteiger partial charge in [-0.3, -0.25) is 0 Å². The summed E-state index contributed by atoms with van der Waals surface area (Å²) in [4.78, 5) is 2.46. The molecule has 1 heterocycles. The zero-order valence-corrected chi connectivity index (χ0v) is 10.9. The molecular weight excluding hydrogens is 208 g/mol. The van der Waals surface area contributed by atoms with Crippen LogP contribution < -0.4 is 5.73 Å².